The largest absolute Gasteiger partial charge is 0.311 e. The predicted octanol–water partition coefficient (Wildman–Crippen LogP) is 1.94. The van der Waals surface area contributed by atoms with Crippen LogP contribution in [0.15, 0.2) is 12.1 Å². The highest BCUT2D eigenvalue weighted by Crippen LogP contribution is 2.27. The first kappa shape index (κ1) is 22.1. The van der Waals surface area contributed by atoms with Crippen molar-refractivity contribution in [3.05, 3.63) is 46.2 Å². The molecule has 170 valence electrons. The van der Waals surface area contributed by atoms with Gasteiger partial charge in [-0.25, -0.2) is 27.7 Å². The fourth-order valence-electron chi connectivity index (χ4n) is 4.13. The molecule has 1 N–H and O–H groups in total. The van der Waals surface area contributed by atoms with Crippen LogP contribution in [-0.4, -0.2) is 55.4 Å². The molecular weight excluding hydrogens is 430 g/mol. The molecule has 3 aromatic heterocycles. The van der Waals surface area contributed by atoms with Gasteiger partial charge in [0.15, 0.2) is 9.84 Å². The van der Waals surface area contributed by atoms with Crippen LogP contribution in [0, 0.1) is 34.6 Å². The summed E-state index contributed by atoms with van der Waals surface area (Å²) in [5, 5.41) is 11.9. The fraction of sp³-hybridized carbons (Fsp3) is 0.476. The Morgan fingerprint density at radius 1 is 1.06 bits per heavy atom. The van der Waals surface area contributed by atoms with Gasteiger partial charge in [-0.2, -0.15) is 10.2 Å². The third kappa shape index (κ3) is 4.43. The molecule has 3 aromatic rings. The van der Waals surface area contributed by atoms with Gasteiger partial charge in [0.2, 0.25) is 5.91 Å². The van der Waals surface area contributed by atoms with Crippen LogP contribution in [0.3, 0.4) is 0 Å². The normalized spacial score (nSPS) is 17.6. The molecule has 0 spiro atoms. The lowest BCUT2D eigenvalue weighted by molar-refractivity contribution is -0.115. The molecule has 0 aromatic carbocycles. The van der Waals surface area contributed by atoms with Gasteiger partial charge >= 0.3 is 0 Å². The standard InChI is InChI=1S/C21H27N7O3S/c1-12-8-13(2)23-21(22-12)27-16(5)18(15(4)26-27)10-20(29)24-19-9-14(3)25-28(19)17-6-7-32(30,31)11-17/h8-9,17H,6-7,10-11H2,1-5H3,(H,24,29). The number of carbonyl (C=O) groups excluding carboxylic acids is 1. The van der Waals surface area contributed by atoms with E-state index < -0.39 is 9.84 Å². The van der Waals surface area contributed by atoms with E-state index in [1.807, 2.05) is 40.7 Å². The van der Waals surface area contributed by atoms with Crippen LogP contribution in [-0.2, 0) is 21.1 Å². The molecule has 1 aliphatic rings. The summed E-state index contributed by atoms with van der Waals surface area (Å²) in [6.45, 7) is 9.36. The van der Waals surface area contributed by atoms with Crippen molar-refractivity contribution in [3.8, 4) is 5.95 Å². The number of aromatic nitrogens is 6. The van der Waals surface area contributed by atoms with E-state index in [2.05, 4.69) is 25.5 Å². The van der Waals surface area contributed by atoms with Gasteiger partial charge in [0.1, 0.15) is 5.82 Å². The molecule has 0 saturated carbocycles. The van der Waals surface area contributed by atoms with Crippen molar-refractivity contribution >= 4 is 21.6 Å². The van der Waals surface area contributed by atoms with E-state index in [-0.39, 0.29) is 29.9 Å². The molecule has 1 amide bonds. The van der Waals surface area contributed by atoms with Crippen LogP contribution in [0.5, 0.6) is 0 Å². The molecule has 1 fully saturated rings. The van der Waals surface area contributed by atoms with Crippen LogP contribution >= 0.6 is 0 Å². The molecule has 1 saturated heterocycles. The van der Waals surface area contributed by atoms with Gasteiger partial charge in [-0.1, -0.05) is 0 Å². The second kappa shape index (κ2) is 8.12. The van der Waals surface area contributed by atoms with Gasteiger partial charge in [0, 0.05) is 28.7 Å². The Labute approximate surface area is 187 Å². The number of amides is 1. The first-order valence-corrected chi connectivity index (χ1v) is 12.3. The highest BCUT2D eigenvalue weighted by molar-refractivity contribution is 7.91. The lowest BCUT2D eigenvalue weighted by Crippen LogP contribution is -2.21. The Balaban J connectivity index is 1.55. The number of aryl methyl sites for hydroxylation is 4. The average molecular weight is 458 g/mol. The minimum Gasteiger partial charge on any atom is -0.311 e. The topological polar surface area (TPSA) is 125 Å². The minimum absolute atomic E-state index is 0.0396. The summed E-state index contributed by atoms with van der Waals surface area (Å²) in [5.41, 5.74) is 4.74. The third-order valence-corrected chi connectivity index (χ3v) is 7.37. The van der Waals surface area contributed by atoms with Crippen molar-refractivity contribution in [1.82, 2.24) is 29.5 Å². The molecule has 11 heteroatoms. The molecule has 0 aliphatic carbocycles. The van der Waals surface area contributed by atoms with Crippen molar-refractivity contribution in [2.45, 2.75) is 53.5 Å². The summed E-state index contributed by atoms with van der Waals surface area (Å²) in [4.78, 5) is 21.8. The van der Waals surface area contributed by atoms with Gasteiger partial charge in [0.25, 0.3) is 5.95 Å². The van der Waals surface area contributed by atoms with E-state index in [9.17, 15) is 13.2 Å². The quantitative estimate of drug-likeness (QED) is 0.621. The number of rotatable bonds is 5. The number of nitrogens with zero attached hydrogens (tertiary/aromatic N) is 6. The van der Waals surface area contributed by atoms with Crippen LogP contribution < -0.4 is 5.32 Å². The lowest BCUT2D eigenvalue weighted by atomic mass is 10.1. The average Bonchev–Trinajstić information content (AvgIpc) is 3.31. The monoisotopic (exact) mass is 457 g/mol. The maximum absolute atomic E-state index is 12.9. The van der Waals surface area contributed by atoms with Crippen molar-refractivity contribution < 1.29 is 13.2 Å². The van der Waals surface area contributed by atoms with Gasteiger partial charge in [0.05, 0.1) is 35.4 Å². The number of hydrogen-bond donors (Lipinski definition) is 1. The zero-order valence-corrected chi connectivity index (χ0v) is 19.7. The molecule has 1 unspecified atom stereocenters. The maximum atomic E-state index is 12.9. The summed E-state index contributed by atoms with van der Waals surface area (Å²) < 4.78 is 27.1. The van der Waals surface area contributed by atoms with E-state index in [1.165, 1.54) is 0 Å². The van der Waals surface area contributed by atoms with Crippen molar-refractivity contribution in [1.29, 1.82) is 0 Å². The molecular formula is C21H27N7O3S. The molecule has 1 atom stereocenters. The highest BCUT2D eigenvalue weighted by atomic mass is 32.2. The second-order valence-corrected chi connectivity index (χ2v) is 10.6. The van der Waals surface area contributed by atoms with Crippen molar-refractivity contribution in [2.24, 2.45) is 0 Å². The van der Waals surface area contributed by atoms with E-state index in [0.29, 0.717) is 18.2 Å². The SMILES string of the molecule is Cc1cc(C)nc(-n2nc(C)c(CC(=O)Nc3cc(C)nn3C3CCS(=O)(=O)C3)c2C)n1. The molecule has 32 heavy (non-hydrogen) atoms. The number of sulfone groups is 1. The first-order valence-electron chi connectivity index (χ1n) is 10.5. The van der Waals surface area contributed by atoms with Crippen LogP contribution in [0.25, 0.3) is 5.95 Å². The number of hydrogen-bond acceptors (Lipinski definition) is 7. The first-order chi connectivity index (χ1) is 15.0. The molecule has 0 radical (unpaired) electrons. The molecule has 0 bridgehead atoms. The molecule has 4 heterocycles. The summed E-state index contributed by atoms with van der Waals surface area (Å²) in [7, 11) is -3.07. The zero-order chi connectivity index (χ0) is 23.2. The summed E-state index contributed by atoms with van der Waals surface area (Å²) >= 11 is 0. The van der Waals surface area contributed by atoms with Gasteiger partial charge in [-0.3, -0.25) is 4.79 Å². The summed E-state index contributed by atoms with van der Waals surface area (Å²) in [6.07, 6.45) is 0.614. The highest BCUT2D eigenvalue weighted by Gasteiger charge is 2.31. The third-order valence-electron chi connectivity index (χ3n) is 5.62. The second-order valence-electron chi connectivity index (χ2n) is 8.41. The van der Waals surface area contributed by atoms with Gasteiger partial charge in [-0.05, 0) is 47.1 Å². The van der Waals surface area contributed by atoms with Gasteiger partial charge < -0.3 is 5.32 Å². The smallest absolute Gasteiger partial charge is 0.251 e. The Morgan fingerprint density at radius 2 is 1.75 bits per heavy atom. The van der Waals surface area contributed by atoms with Crippen molar-refractivity contribution in [3.63, 3.8) is 0 Å². The lowest BCUT2D eigenvalue weighted by Gasteiger charge is -2.14. The molecule has 1 aliphatic heterocycles. The Hall–Kier alpha value is -3.08. The van der Waals surface area contributed by atoms with E-state index in [4.69, 9.17) is 0 Å². The number of anilines is 1. The fourth-order valence-corrected chi connectivity index (χ4v) is 5.82. The van der Waals surface area contributed by atoms with Crippen LogP contribution in [0.2, 0.25) is 0 Å². The zero-order valence-electron chi connectivity index (χ0n) is 18.9. The van der Waals surface area contributed by atoms with E-state index in [1.54, 1.807) is 15.4 Å². The summed E-state index contributed by atoms with van der Waals surface area (Å²) in [5.74, 6) is 0.944. The Morgan fingerprint density at radius 3 is 2.38 bits per heavy atom. The van der Waals surface area contributed by atoms with E-state index >= 15 is 0 Å². The maximum Gasteiger partial charge on any atom is 0.251 e. The Bertz CT molecular complexity index is 1290. The Kier molecular flexibility index (Phi) is 5.61. The molecule has 4 rings (SSSR count). The summed E-state index contributed by atoms with van der Waals surface area (Å²) in [6, 6.07) is 3.39. The molecule has 10 nitrogen and oxygen atoms in total. The van der Waals surface area contributed by atoms with E-state index in [0.717, 1.165) is 34.0 Å². The predicted molar refractivity (Wildman–Crippen MR) is 120 cm³/mol. The van der Waals surface area contributed by atoms with Crippen LogP contribution in [0.4, 0.5) is 5.82 Å². The van der Waals surface area contributed by atoms with Crippen molar-refractivity contribution in [2.75, 3.05) is 16.8 Å². The minimum atomic E-state index is -3.07. The van der Waals surface area contributed by atoms with Gasteiger partial charge in [-0.15, -0.1) is 0 Å². The number of carbonyl (C=O) groups is 1. The number of nitrogens with one attached hydrogen (secondary N) is 1. The van der Waals surface area contributed by atoms with Crippen LogP contribution in [0.1, 0.15) is 46.5 Å².